The van der Waals surface area contributed by atoms with Gasteiger partial charge in [-0.25, -0.2) is 14.6 Å². The van der Waals surface area contributed by atoms with Crippen molar-refractivity contribution < 1.29 is 19.1 Å². The number of imide groups is 1. The zero-order valence-corrected chi connectivity index (χ0v) is 27.0. The monoisotopic (exact) mass is 640 g/mol. The van der Waals surface area contributed by atoms with Gasteiger partial charge in [-0.3, -0.25) is 14.6 Å². The predicted molar refractivity (Wildman–Crippen MR) is 169 cm³/mol. The summed E-state index contributed by atoms with van der Waals surface area (Å²) < 4.78 is 7.59. The Morgan fingerprint density at radius 1 is 1.02 bits per heavy atom. The van der Waals surface area contributed by atoms with E-state index in [0.717, 1.165) is 22.5 Å². The van der Waals surface area contributed by atoms with Crippen LogP contribution in [0.1, 0.15) is 44.6 Å². The second kappa shape index (κ2) is 13.2. The van der Waals surface area contributed by atoms with E-state index in [2.05, 4.69) is 9.88 Å². The number of aromatic nitrogens is 2. The van der Waals surface area contributed by atoms with Crippen molar-refractivity contribution in [3.8, 4) is 11.1 Å². The molecule has 0 saturated carbocycles. The first kappa shape index (κ1) is 31.8. The van der Waals surface area contributed by atoms with Crippen LogP contribution in [-0.4, -0.2) is 92.1 Å². The van der Waals surface area contributed by atoms with Crippen LogP contribution in [-0.2, 0) is 23.1 Å². The Kier molecular flexibility index (Phi) is 9.53. The van der Waals surface area contributed by atoms with E-state index in [1.807, 2.05) is 68.9 Å². The van der Waals surface area contributed by atoms with Crippen LogP contribution >= 0.6 is 23.2 Å². The Hall–Kier alpha value is -3.60. The van der Waals surface area contributed by atoms with Gasteiger partial charge in [-0.1, -0.05) is 53.5 Å². The molecule has 0 bridgehead atoms. The molecule has 44 heavy (non-hydrogen) atoms. The van der Waals surface area contributed by atoms with Crippen molar-refractivity contribution in [2.75, 3.05) is 39.3 Å². The quantitative estimate of drug-likeness (QED) is 0.322. The molecule has 3 aromatic rings. The van der Waals surface area contributed by atoms with Crippen LogP contribution in [0.5, 0.6) is 0 Å². The highest BCUT2D eigenvalue weighted by atomic mass is 35.5. The van der Waals surface area contributed by atoms with Gasteiger partial charge in [-0.2, -0.15) is 0 Å². The normalized spacial score (nSPS) is 18.2. The lowest BCUT2D eigenvalue weighted by atomic mass is 9.99. The molecule has 12 heteroatoms. The van der Waals surface area contributed by atoms with Gasteiger partial charge in [0.2, 0.25) is 5.91 Å². The molecule has 0 radical (unpaired) electrons. The van der Waals surface area contributed by atoms with Gasteiger partial charge < -0.3 is 19.1 Å². The van der Waals surface area contributed by atoms with Gasteiger partial charge in [0.15, 0.2) is 0 Å². The zero-order valence-electron chi connectivity index (χ0n) is 25.5. The number of carbonyl (C=O) groups excluding carboxylic acids is 3. The third-order valence-electron chi connectivity index (χ3n) is 7.92. The number of carbonyl (C=O) groups is 3. The Morgan fingerprint density at radius 2 is 1.80 bits per heavy atom. The van der Waals surface area contributed by atoms with E-state index in [1.54, 1.807) is 28.1 Å². The van der Waals surface area contributed by atoms with E-state index >= 15 is 0 Å². The number of benzene rings is 2. The maximum atomic E-state index is 13.7. The summed E-state index contributed by atoms with van der Waals surface area (Å²) >= 11 is 12.6. The summed E-state index contributed by atoms with van der Waals surface area (Å²) in [7, 11) is 1.93. The zero-order chi connectivity index (χ0) is 31.6. The molecular formula is C32H38Cl2N6O4. The lowest BCUT2D eigenvalue weighted by Gasteiger charge is -2.42. The van der Waals surface area contributed by atoms with E-state index in [0.29, 0.717) is 49.3 Å². The van der Waals surface area contributed by atoms with Crippen LogP contribution in [0.25, 0.3) is 11.1 Å². The molecule has 1 aromatic heterocycles. The summed E-state index contributed by atoms with van der Waals surface area (Å²) in [4.78, 5) is 51.2. The molecule has 3 heterocycles. The minimum absolute atomic E-state index is 0.133. The molecule has 1 unspecified atom stereocenters. The first-order valence-electron chi connectivity index (χ1n) is 14.7. The van der Waals surface area contributed by atoms with E-state index in [9.17, 15) is 14.4 Å². The third-order valence-corrected chi connectivity index (χ3v) is 8.47. The molecule has 1 atom stereocenters. The topological polar surface area (TPSA) is 91.2 Å². The van der Waals surface area contributed by atoms with Crippen LogP contribution in [0.2, 0.25) is 10.0 Å². The fraction of sp³-hybridized carbons (Fsp3) is 0.438. The van der Waals surface area contributed by atoms with E-state index in [1.165, 1.54) is 4.90 Å². The summed E-state index contributed by atoms with van der Waals surface area (Å²) in [5, 5.41) is 1.03. The SMILES string of the molecule is Cn1ccnc1C1CN(C(=O)OC(C)(C)C)CCN1CCN1CCC(=O)N(Cc2ccccc2-c2ccc(Cl)cc2Cl)C1=O. The third kappa shape index (κ3) is 7.20. The van der Waals surface area contributed by atoms with Gasteiger partial charge >= 0.3 is 12.1 Å². The molecule has 2 aliphatic heterocycles. The number of nitrogens with zero attached hydrogens (tertiary/aromatic N) is 6. The molecule has 2 aliphatic rings. The fourth-order valence-corrected chi connectivity index (χ4v) is 6.18. The highest BCUT2D eigenvalue weighted by Crippen LogP contribution is 2.33. The number of piperazine rings is 1. The fourth-order valence-electron chi connectivity index (χ4n) is 5.67. The van der Waals surface area contributed by atoms with Crippen LogP contribution in [0, 0.1) is 0 Å². The Morgan fingerprint density at radius 3 is 2.50 bits per heavy atom. The van der Waals surface area contributed by atoms with Crippen molar-refractivity contribution in [1.82, 2.24) is 29.2 Å². The Balaban J connectivity index is 1.29. The first-order chi connectivity index (χ1) is 20.9. The molecule has 0 spiro atoms. The number of imidazole rings is 1. The summed E-state index contributed by atoms with van der Waals surface area (Å²) in [5.41, 5.74) is 1.85. The lowest BCUT2D eigenvalue weighted by molar-refractivity contribution is -0.131. The summed E-state index contributed by atoms with van der Waals surface area (Å²) in [6.07, 6.45) is 3.52. The van der Waals surface area contributed by atoms with Crippen molar-refractivity contribution in [3.05, 3.63) is 76.3 Å². The van der Waals surface area contributed by atoms with Gasteiger partial charge in [0.05, 0.1) is 12.6 Å². The molecule has 2 aromatic carbocycles. The Bertz CT molecular complexity index is 1540. The smallest absolute Gasteiger partial charge is 0.410 e. The van der Waals surface area contributed by atoms with Gasteiger partial charge in [0, 0.05) is 80.7 Å². The molecule has 5 rings (SSSR count). The van der Waals surface area contributed by atoms with E-state index < -0.39 is 5.60 Å². The molecule has 0 N–H and O–H groups in total. The van der Waals surface area contributed by atoms with E-state index in [4.69, 9.17) is 27.9 Å². The molecule has 0 aliphatic carbocycles. The molecule has 2 fully saturated rings. The number of aryl methyl sites for hydroxylation is 1. The van der Waals surface area contributed by atoms with Gasteiger partial charge in [0.1, 0.15) is 11.4 Å². The van der Waals surface area contributed by atoms with Gasteiger partial charge in [-0.15, -0.1) is 0 Å². The highest BCUT2D eigenvalue weighted by Gasteiger charge is 2.37. The van der Waals surface area contributed by atoms with Crippen LogP contribution < -0.4 is 0 Å². The second-order valence-electron chi connectivity index (χ2n) is 12.2. The summed E-state index contributed by atoms with van der Waals surface area (Å²) in [6, 6.07) is 12.4. The standard InChI is InChI=1S/C32H38Cl2N6O4/c1-32(2,3)44-31(43)39-18-16-37(27(21-39)29-35-12-14-36(29)4)15-17-38-13-11-28(41)40(30(38)42)20-22-7-5-6-8-24(22)25-10-9-23(33)19-26(25)34/h5-10,12,14,19,27H,11,13,15-18,20-21H2,1-4H3. The van der Waals surface area contributed by atoms with Crippen molar-refractivity contribution in [1.29, 1.82) is 0 Å². The number of ether oxygens (including phenoxy) is 1. The molecule has 10 nitrogen and oxygen atoms in total. The first-order valence-corrected chi connectivity index (χ1v) is 15.5. The number of rotatable bonds is 7. The highest BCUT2D eigenvalue weighted by molar-refractivity contribution is 6.36. The summed E-state index contributed by atoms with van der Waals surface area (Å²) in [5.74, 6) is 0.623. The minimum Gasteiger partial charge on any atom is -0.444 e. The van der Waals surface area contributed by atoms with Crippen molar-refractivity contribution in [2.24, 2.45) is 7.05 Å². The maximum absolute atomic E-state index is 13.7. The number of hydrogen-bond acceptors (Lipinski definition) is 6. The summed E-state index contributed by atoms with van der Waals surface area (Å²) in [6.45, 7) is 8.55. The average Bonchev–Trinajstić information content (AvgIpc) is 3.40. The van der Waals surface area contributed by atoms with Crippen LogP contribution in [0.4, 0.5) is 9.59 Å². The number of amides is 4. The lowest BCUT2D eigenvalue weighted by Crippen LogP contribution is -2.56. The predicted octanol–water partition coefficient (Wildman–Crippen LogP) is 5.84. The van der Waals surface area contributed by atoms with Crippen molar-refractivity contribution in [3.63, 3.8) is 0 Å². The van der Waals surface area contributed by atoms with Crippen molar-refractivity contribution in [2.45, 2.75) is 45.4 Å². The van der Waals surface area contributed by atoms with Gasteiger partial charge in [-0.05, 0) is 44.0 Å². The number of halogens is 2. The Labute approximate surface area is 268 Å². The molecule has 4 amide bonds. The number of urea groups is 1. The molecule has 234 valence electrons. The maximum Gasteiger partial charge on any atom is 0.410 e. The largest absolute Gasteiger partial charge is 0.444 e. The molecule has 2 saturated heterocycles. The van der Waals surface area contributed by atoms with Crippen LogP contribution in [0.3, 0.4) is 0 Å². The van der Waals surface area contributed by atoms with Crippen molar-refractivity contribution >= 4 is 41.2 Å². The second-order valence-corrected chi connectivity index (χ2v) is 13.0. The van der Waals surface area contributed by atoms with Gasteiger partial charge in [0.25, 0.3) is 0 Å². The van der Waals surface area contributed by atoms with E-state index in [-0.39, 0.29) is 37.0 Å². The molecular weight excluding hydrogens is 603 g/mol. The minimum atomic E-state index is -0.591. The van der Waals surface area contributed by atoms with Crippen LogP contribution in [0.15, 0.2) is 54.9 Å². The number of hydrogen-bond donors (Lipinski definition) is 0. The average molecular weight is 642 g/mol.